The Morgan fingerprint density at radius 1 is 0.567 bits per heavy atom. The molecule has 0 saturated carbocycles. The maximum Gasteiger partial charge on any atom is 0.0917 e. The molecule has 2 rings (SSSR count). The third-order valence-corrected chi connectivity index (χ3v) is 8.10. The van der Waals surface area contributed by atoms with Gasteiger partial charge in [-0.25, -0.2) is 0 Å². The largest absolute Gasteiger partial charge is 0.350 e. The van der Waals surface area contributed by atoms with E-state index < -0.39 is 8.15 Å². The van der Waals surface area contributed by atoms with E-state index in [4.69, 9.17) is 4.52 Å². The lowest BCUT2D eigenvalue weighted by molar-refractivity contribution is 0.343. The van der Waals surface area contributed by atoms with Crippen molar-refractivity contribution < 1.29 is 4.52 Å². The lowest BCUT2D eigenvalue weighted by Crippen LogP contribution is -2.16. The molecule has 0 aliphatic carbocycles. The Labute approximate surface area is 187 Å². The van der Waals surface area contributed by atoms with Crippen molar-refractivity contribution >= 4 is 18.8 Å². The van der Waals surface area contributed by atoms with E-state index in [-0.39, 0.29) is 0 Å². The van der Waals surface area contributed by atoms with Gasteiger partial charge in [0.25, 0.3) is 0 Å². The van der Waals surface area contributed by atoms with E-state index in [1.807, 2.05) is 0 Å². The predicted molar refractivity (Wildman–Crippen MR) is 136 cm³/mol. The Morgan fingerprint density at radius 3 is 1.43 bits per heavy atom. The normalized spacial score (nSPS) is 11.4. The average molecular weight is 427 g/mol. The lowest BCUT2D eigenvalue weighted by Gasteiger charge is -2.20. The predicted octanol–water partition coefficient (Wildman–Crippen LogP) is 8.21. The lowest BCUT2D eigenvalue weighted by atomic mass is 10.1. The number of rotatable bonds is 14. The molecule has 0 radical (unpaired) electrons. The summed E-state index contributed by atoms with van der Waals surface area (Å²) in [5, 5.41) is 2.67. The molecule has 0 heterocycles. The standard InChI is InChI=1S/C28H43OP/c1-6-7-8-9-10-11-12-13-14-15-20-29-30(27-18-16-23(2)25(4)21-27)28-19-17-24(3)26(5)22-28/h16-19,21-22H,6-15,20H2,1-5H3. The van der Waals surface area contributed by atoms with Crippen LogP contribution < -0.4 is 10.6 Å². The minimum absolute atomic E-state index is 0.744. The molecule has 0 N–H and O–H groups in total. The van der Waals surface area contributed by atoms with Gasteiger partial charge in [-0.3, -0.25) is 0 Å². The fraction of sp³-hybridized carbons (Fsp3) is 0.571. The van der Waals surface area contributed by atoms with Crippen LogP contribution >= 0.6 is 8.15 Å². The van der Waals surface area contributed by atoms with Crippen LogP contribution in [0.3, 0.4) is 0 Å². The van der Waals surface area contributed by atoms with Crippen LogP contribution in [0.25, 0.3) is 0 Å². The number of benzene rings is 2. The van der Waals surface area contributed by atoms with Crippen LogP contribution in [-0.2, 0) is 4.52 Å². The Hall–Kier alpha value is -1.17. The third-order valence-electron chi connectivity index (χ3n) is 6.17. The number of hydrogen-bond acceptors (Lipinski definition) is 1. The van der Waals surface area contributed by atoms with Crippen LogP contribution in [0, 0.1) is 27.7 Å². The molecular formula is C28H43OP. The van der Waals surface area contributed by atoms with Crippen molar-refractivity contribution in [1.29, 1.82) is 0 Å². The van der Waals surface area contributed by atoms with Gasteiger partial charge in [0.1, 0.15) is 0 Å². The molecule has 0 spiro atoms. The summed E-state index contributed by atoms with van der Waals surface area (Å²) < 4.78 is 6.54. The Morgan fingerprint density at radius 2 is 1.00 bits per heavy atom. The first kappa shape index (κ1) is 25.1. The highest BCUT2D eigenvalue weighted by atomic mass is 31.1. The van der Waals surface area contributed by atoms with E-state index in [1.54, 1.807) is 0 Å². The molecule has 0 aromatic heterocycles. The van der Waals surface area contributed by atoms with E-state index in [0.29, 0.717) is 0 Å². The topological polar surface area (TPSA) is 9.23 Å². The van der Waals surface area contributed by atoms with Crippen LogP contribution in [0.1, 0.15) is 93.4 Å². The van der Waals surface area contributed by atoms with Crippen LogP contribution in [0.15, 0.2) is 36.4 Å². The smallest absolute Gasteiger partial charge is 0.0917 e. The second kappa shape index (κ2) is 14.0. The highest BCUT2D eigenvalue weighted by molar-refractivity contribution is 7.68. The highest BCUT2D eigenvalue weighted by Crippen LogP contribution is 2.36. The van der Waals surface area contributed by atoms with Gasteiger partial charge in [-0.1, -0.05) is 89.0 Å². The van der Waals surface area contributed by atoms with E-state index in [2.05, 4.69) is 71.0 Å². The molecule has 2 aromatic carbocycles. The molecule has 0 fully saturated rings. The summed E-state index contributed by atoms with van der Waals surface area (Å²) in [5.74, 6) is 0. The Balaban J connectivity index is 1.84. The summed E-state index contributed by atoms with van der Waals surface area (Å²) in [6.45, 7) is 11.9. The van der Waals surface area contributed by atoms with Gasteiger partial charge in [-0.05, 0) is 68.5 Å². The van der Waals surface area contributed by atoms with Crippen molar-refractivity contribution in [3.8, 4) is 0 Å². The van der Waals surface area contributed by atoms with Gasteiger partial charge in [0, 0.05) is 10.6 Å². The van der Waals surface area contributed by atoms with Gasteiger partial charge in [0.15, 0.2) is 0 Å². The highest BCUT2D eigenvalue weighted by Gasteiger charge is 2.16. The van der Waals surface area contributed by atoms with Crippen LogP contribution in [0.2, 0.25) is 0 Å². The molecule has 1 nitrogen and oxygen atoms in total. The minimum atomic E-state index is -0.744. The summed E-state index contributed by atoms with van der Waals surface area (Å²) in [5.41, 5.74) is 5.41. The molecule has 0 saturated heterocycles. The summed E-state index contributed by atoms with van der Waals surface area (Å²) in [4.78, 5) is 0. The monoisotopic (exact) mass is 426 g/mol. The molecule has 0 bridgehead atoms. The Kier molecular flexibility index (Phi) is 11.7. The summed E-state index contributed by atoms with van der Waals surface area (Å²) >= 11 is 0. The maximum atomic E-state index is 6.54. The maximum absolute atomic E-state index is 6.54. The SMILES string of the molecule is CCCCCCCCCCCCOP(c1ccc(C)c(C)c1)c1ccc(C)c(C)c1. The van der Waals surface area contributed by atoms with E-state index >= 15 is 0 Å². The van der Waals surface area contributed by atoms with Gasteiger partial charge < -0.3 is 4.52 Å². The first-order valence-corrected chi connectivity index (χ1v) is 13.4. The average Bonchev–Trinajstić information content (AvgIpc) is 2.73. The number of unbranched alkanes of at least 4 members (excludes halogenated alkanes) is 9. The molecule has 0 unspecified atom stereocenters. The van der Waals surface area contributed by atoms with Crippen molar-refractivity contribution in [3.05, 3.63) is 58.7 Å². The molecule has 0 aliphatic rings. The summed E-state index contributed by atoms with van der Waals surface area (Å²) in [6, 6.07) is 13.7. The molecule has 2 aromatic rings. The minimum Gasteiger partial charge on any atom is -0.350 e. The zero-order chi connectivity index (χ0) is 21.8. The quantitative estimate of drug-likeness (QED) is 0.218. The Bertz CT molecular complexity index is 701. The molecule has 30 heavy (non-hydrogen) atoms. The molecule has 0 atom stereocenters. The fourth-order valence-corrected chi connectivity index (χ4v) is 5.70. The van der Waals surface area contributed by atoms with Crippen molar-refractivity contribution in [2.45, 2.75) is 98.8 Å². The van der Waals surface area contributed by atoms with Crippen LogP contribution in [0.4, 0.5) is 0 Å². The van der Waals surface area contributed by atoms with Crippen molar-refractivity contribution in [2.24, 2.45) is 0 Å². The molecule has 0 aliphatic heterocycles. The fourth-order valence-electron chi connectivity index (χ4n) is 3.75. The molecule has 166 valence electrons. The van der Waals surface area contributed by atoms with E-state index in [1.165, 1.54) is 97.1 Å². The molecular weight excluding hydrogens is 383 g/mol. The summed E-state index contributed by atoms with van der Waals surface area (Å²) in [6.07, 6.45) is 13.6. The van der Waals surface area contributed by atoms with Gasteiger partial charge in [0.2, 0.25) is 0 Å². The molecule has 0 amide bonds. The zero-order valence-corrected chi connectivity index (χ0v) is 21.0. The van der Waals surface area contributed by atoms with Gasteiger partial charge in [-0.15, -0.1) is 0 Å². The van der Waals surface area contributed by atoms with E-state index in [0.717, 1.165) is 6.61 Å². The van der Waals surface area contributed by atoms with Gasteiger partial charge >= 0.3 is 0 Å². The van der Waals surface area contributed by atoms with Crippen LogP contribution in [-0.4, -0.2) is 6.61 Å². The second-order valence-corrected chi connectivity index (χ2v) is 10.7. The van der Waals surface area contributed by atoms with Gasteiger partial charge in [-0.2, -0.15) is 0 Å². The van der Waals surface area contributed by atoms with E-state index in [9.17, 15) is 0 Å². The first-order chi connectivity index (χ1) is 14.5. The summed E-state index contributed by atoms with van der Waals surface area (Å²) in [7, 11) is -0.744. The first-order valence-electron chi connectivity index (χ1n) is 12.1. The zero-order valence-electron chi connectivity index (χ0n) is 20.1. The number of hydrogen-bond donors (Lipinski definition) is 0. The van der Waals surface area contributed by atoms with Crippen LogP contribution in [0.5, 0.6) is 0 Å². The van der Waals surface area contributed by atoms with Crippen molar-refractivity contribution in [2.75, 3.05) is 6.61 Å². The van der Waals surface area contributed by atoms with Crippen molar-refractivity contribution in [1.82, 2.24) is 0 Å². The molecule has 2 heteroatoms. The van der Waals surface area contributed by atoms with Gasteiger partial charge in [0.05, 0.1) is 14.8 Å². The van der Waals surface area contributed by atoms with Crippen molar-refractivity contribution in [3.63, 3.8) is 0 Å². The second-order valence-electron chi connectivity index (χ2n) is 8.85. The number of aryl methyl sites for hydroxylation is 4. The third kappa shape index (κ3) is 8.52.